The highest BCUT2D eigenvalue weighted by molar-refractivity contribution is 5.87. The fourth-order valence-corrected chi connectivity index (χ4v) is 11.6. The smallest absolute Gasteiger partial charge is 0.407 e. The van der Waals surface area contributed by atoms with Crippen molar-refractivity contribution in [1.82, 2.24) is 45.7 Å². The Morgan fingerprint density at radius 3 is 2.02 bits per heavy atom. The summed E-state index contributed by atoms with van der Waals surface area (Å²) in [5.74, 6) is 2.36. The molecule has 2 bridgehead atoms. The first-order chi connectivity index (χ1) is 30.5. The average Bonchev–Trinajstić information content (AvgIpc) is 3.87. The number of aromatic nitrogens is 4. The van der Waals surface area contributed by atoms with Gasteiger partial charge in [0, 0.05) is 42.8 Å². The summed E-state index contributed by atoms with van der Waals surface area (Å²) >= 11 is 0. The van der Waals surface area contributed by atoms with Gasteiger partial charge >= 0.3 is 12.2 Å². The standard InChI is InChI=1S/C50H67N9O5/c1-26(2)37(56-47(61)63-9)24-58-25-49(6,7)19-38(58)44-51-22-35(54-44)30-13-11-29(12-14-30)31-15-16-32(42-34-18-28(5)17-33(53-34)41(31)42)36-23-52-45(55-36)39-20-50(8)21-40(50)59(39)46(60)43(27(3)4)57-48(62)64-10/h11-16,22-23,26-28,33-34,37-40,43,53H,17-21,24-25H2,1-10H3,(H,51,54)(H,52,55)(H,56,61)(H,57,62). The predicted octanol–water partition coefficient (Wildman–Crippen LogP) is 8.84. The van der Waals surface area contributed by atoms with Crippen molar-refractivity contribution in [3.63, 3.8) is 0 Å². The normalized spacial score (nSPS) is 27.6. The first-order valence-corrected chi connectivity index (χ1v) is 23.4. The van der Waals surface area contributed by atoms with Gasteiger partial charge in [0.15, 0.2) is 0 Å². The first-order valence-electron chi connectivity index (χ1n) is 23.4. The maximum absolute atomic E-state index is 14.2. The van der Waals surface area contributed by atoms with E-state index in [1.165, 1.54) is 36.5 Å². The summed E-state index contributed by atoms with van der Waals surface area (Å²) in [6.45, 7) is 19.0. The number of methoxy groups -OCH3 is 2. The van der Waals surface area contributed by atoms with E-state index >= 15 is 0 Å². The van der Waals surface area contributed by atoms with Gasteiger partial charge in [-0.15, -0.1) is 0 Å². The number of nitrogens with zero attached hydrogens (tertiary/aromatic N) is 4. The molecule has 2 aromatic heterocycles. The molecule has 5 N–H and O–H groups in total. The number of likely N-dealkylation sites (tertiary alicyclic amines) is 2. The molecule has 342 valence electrons. The Kier molecular flexibility index (Phi) is 11.5. The van der Waals surface area contributed by atoms with Crippen LogP contribution >= 0.6 is 0 Å². The van der Waals surface area contributed by atoms with Crippen LogP contribution in [-0.2, 0) is 14.3 Å². The van der Waals surface area contributed by atoms with Crippen LogP contribution in [0, 0.1) is 28.6 Å². The molecule has 4 aliphatic heterocycles. The molecule has 4 aromatic rings. The molecule has 3 saturated heterocycles. The molecule has 64 heavy (non-hydrogen) atoms. The summed E-state index contributed by atoms with van der Waals surface area (Å²) in [5.41, 5.74) is 9.43. The number of hydrogen-bond donors (Lipinski definition) is 5. The molecule has 14 heteroatoms. The second kappa shape index (κ2) is 16.7. The molecule has 3 amide bonds. The molecule has 1 saturated carbocycles. The molecule has 0 radical (unpaired) electrons. The Morgan fingerprint density at radius 2 is 1.36 bits per heavy atom. The molecule has 9 atom stereocenters. The molecule has 2 aromatic carbocycles. The summed E-state index contributed by atoms with van der Waals surface area (Å²) < 4.78 is 9.83. The number of fused-ring (bicyclic) bond motifs is 6. The van der Waals surface area contributed by atoms with Gasteiger partial charge in [-0.3, -0.25) is 9.69 Å². The number of benzene rings is 2. The second-order valence-electron chi connectivity index (χ2n) is 21.3. The Morgan fingerprint density at radius 1 is 0.766 bits per heavy atom. The molecule has 6 heterocycles. The van der Waals surface area contributed by atoms with Crippen molar-refractivity contribution in [3.8, 4) is 33.6 Å². The van der Waals surface area contributed by atoms with Gasteiger partial charge in [0.2, 0.25) is 5.91 Å². The fourth-order valence-electron chi connectivity index (χ4n) is 11.6. The highest BCUT2D eigenvalue weighted by atomic mass is 16.5. The highest BCUT2D eigenvalue weighted by Crippen LogP contribution is 2.63. The predicted molar refractivity (Wildman–Crippen MR) is 246 cm³/mol. The van der Waals surface area contributed by atoms with Crippen molar-refractivity contribution in [2.24, 2.45) is 28.6 Å². The lowest BCUT2D eigenvalue weighted by atomic mass is 9.88. The average molecular weight is 874 g/mol. The molecular weight excluding hydrogens is 807 g/mol. The third-order valence-corrected chi connectivity index (χ3v) is 15.1. The Bertz CT molecular complexity index is 2400. The van der Waals surface area contributed by atoms with Gasteiger partial charge in [-0.2, -0.15) is 0 Å². The summed E-state index contributed by atoms with van der Waals surface area (Å²) in [7, 11) is 2.73. The number of nitrogens with one attached hydrogen (secondary N) is 5. The molecule has 14 nitrogen and oxygen atoms in total. The Balaban J connectivity index is 0.978. The molecule has 4 fully saturated rings. The molecule has 5 aliphatic rings. The van der Waals surface area contributed by atoms with E-state index in [4.69, 9.17) is 19.4 Å². The minimum atomic E-state index is -0.691. The number of rotatable bonds is 12. The zero-order valence-corrected chi connectivity index (χ0v) is 39.2. The van der Waals surface area contributed by atoms with E-state index < -0.39 is 18.2 Å². The van der Waals surface area contributed by atoms with E-state index in [1.54, 1.807) is 0 Å². The Hall–Kier alpha value is -5.21. The monoisotopic (exact) mass is 874 g/mol. The third kappa shape index (κ3) is 8.09. The van der Waals surface area contributed by atoms with E-state index in [0.29, 0.717) is 12.5 Å². The van der Waals surface area contributed by atoms with Crippen LogP contribution in [0.5, 0.6) is 0 Å². The van der Waals surface area contributed by atoms with Crippen molar-refractivity contribution in [1.29, 1.82) is 0 Å². The number of carbonyl (C=O) groups is 3. The van der Waals surface area contributed by atoms with Crippen LogP contribution in [0.3, 0.4) is 0 Å². The van der Waals surface area contributed by atoms with Crippen LogP contribution in [0.4, 0.5) is 9.59 Å². The highest BCUT2D eigenvalue weighted by Gasteiger charge is 2.64. The minimum absolute atomic E-state index is 0.0344. The quantitative estimate of drug-likeness (QED) is 0.0934. The van der Waals surface area contributed by atoms with Gasteiger partial charge in [0.25, 0.3) is 0 Å². The van der Waals surface area contributed by atoms with Gasteiger partial charge < -0.3 is 40.3 Å². The lowest BCUT2D eigenvalue weighted by molar-refractivity contribution is -0.136. The van der Waals surface area contributed by atoms with Crippen molar-refractivity contribution in [2.75, 3.05) is 27.3 Å². The molecule has 1 aliphatic carbocycles. The number of imidazole rings is 2. The summed E-state index contributed by atoms with van der Waals surface area (Å²) in [6, 6.07) is 13.1. The van der Waals surface area contributed by atoms with Crippen LogP contribution < -0.4 is 16.0 Å². The van der Waals surface area contributed by atoms with E-state index in [9.17, 15) is 14.4 Å². The molecule has 9 unspecified atom stereocenters. The number of piperidine rings is 2. The number of carbonyl (C=O) groups excluding carboxylic acids is 3. The number of amides is 3. The van der Waals surface area contributed by atoms with Gasteiger partial charge in [-0.1, -0.05) is 91.8 Å². The maximum atomic E-state index is 14.2. The number of alkyl carbamates (subject to hydrolysis) is 2. The molecule has 0 spiro atoms. The van der Waals surface area contributed by atoms with Crippen molar-refractivity contribution >= 4 is 18.1 Å². The Labute approximate surface area is 377 Å². The van der Waals surface area contributed by atoms with Crippen LogP contribution in [0.25, 0.3) is 33.6 Å². The van der Waals surface area contributed by atoms with Crippen LogP contribution in [0.1, 0.15) is 134 Å². The zero-order valence-electron chi connectivity index (χ0n) is 39.2. The zero-order chi connectivity index (χ0) is 45.4. The van der Waals surface area contributed by atoms with Gasteiger partial charge in [-0.25, -0.2) is 19.6 Å². The fraction of sp³-hybridized carbons (Fsp3) is 0.580. The minimum Gasteiger partial charge on any atom is -0.453 e. The number of aromatic amines is 2. The van der Waals surface area contributed by atoms with Gasteiger partial charge in [0.05, 0.1) is 50.1 Å². The van der Waals surface area contributed by atoms with Crippen LogP contribution in [0.15, 0.2) is 48.8 Å². The maximum Gasteiger partial charge on any atom is 0.407 e. The summed E-state index contributed by atoms with van der Waals surface area (Å²) in [6.07, 6.45) is 7.76. The molecular formula is C50H67N9O5. The van der Waals surface area contributed by atoms with Crippen LogP contribution in [0.2, 0.25) is 0 Å². The number of H-pyrrole nitrogens is 2. The van der Waals surface area contributed by atoms with E-state index in [-0.39, 0.29) is 64.8 Å². The topological polar surface area (TPSA) is 170 Å². The van der Waals surface area contributed by atoms with Crippen molar-refractivity contribution in [3.05, 3.63) is 71.6 Å². The van der Waals surface area contributed by atoms with E-state index in [1.807, 2.05) is 31.1 Å². The largest absolute Gasteiger partial charge is 0.453 e. The van der Waals surface area contributed by atoms with Crippen molar-refractivity contribution < 1.29 is 23.9 Å². The van der Waals surface area contributed by atoms with Crippen LogP contribution in [-0.4, -0.2) is 93.3 Å². The van der Waals surface area contributed by atoms with Crippen molar-refractivity contribution in [2.45, 2.75) is 130 Å². The van der Waals surface area contributed by atoms with E-state index in [0.717, 1.165) is 72.8 Å². The van der Waals surface area contributed by atoms with Gasteiger partial charge in [0.1, 0.15) is 17.7 Å². The third-order valence-electron chi connectivity index (χ3n) is 15.1. The summed E-state index contributed by atoms with van der Waals surface area (Å²) in [5, 5.41) is 9.83. The number of hydrogen-bond acceptors (Lipinski definition) is 9. The lowest BCUT2D eigenvalue weighted by Crippen LogP contribution is -2.52. The van der Waals surface area contributed by atoms with Gasteiger partial charge in [-0.05, 0) is 88.5 Å². The number of ether oxygens (including phenoxy) is 2. The lowest BCUT2D eigenvalue weighted by Gasteiger charge is -2.31. The van der Waals surface area contributed by atoms with E-state index in [2.05, 4.69) is 109 Å². The SMILES string of the molecule is COC(=O)NC(CN1CC(C)(C)CC1c1ncc(-c2ccc(-c3ccc(-c4cnc(C5CC6(C)CC6N5C(=O)C(NC(=O)OC)C(C)C)[nH]4)c4c3C3CC(C)CC4N3)cc2)[nH]1)C(C)C. The molecule has 9 rings (SSSR count). The first kappa shape index (κ1) is 44.0. The second-order valence-corrected chi connectivity index (χ2v) is 21.3. The summed E-state index contributed by atoms with van der Waals surface area (Å²) in [4.78, 5) is 60.5.